The van der Waals surface area contributed by atoms with Gasteiger partial charge in [-0.1, -0.05) is 17.7 Å². The van der Waals surface area contributed by atoms with E-state index in [-0.39, 0.29) is 11.6 Å². The minimum atomic E-state index is -0.694. The van der Waals surface area contributed by atoms with Gasteiger partial charge in [-0.15, -0.1) is 10.2 Å². The molecule has 0 amide bonds. The molecule has 0 saturated carbocycles. The Morgan fingerprint density at radius 3 is 2.70 bits per heavy atom. The molecule has 120 valence electrons. The van der Waals surface area contributed by atoms with Gasteiger partial charge in [-0.25, -0.2) is 4.79 Å². The van der Waals surface area contributed by atoms with Crippen molar-refractivity contribution < 1.29 is 23.4 Å². The van der Waals surface area contributed by atoms with Gasteiger partial charge in [0.25, 0.3) is 5.89 Å². The van der Waals surface area contributed by atoms with Gasteiger partial charge in [-0.3, -0.25) is 0 Å². The highest BCUT2D eigenvalue weighted by Gasteiger charge is 2.23. The number of aryl methyl sites for hydroxylation is 1. The van der Waals surface area contributed by atoms with E-state index in [1.165, 1.54) is 6.26 Å². The van der Waals surface area contributed by atoms with Crippen LogP contribution >= 0.6 is 0 Å². The molecule has 0 aliphatic carbocycles. The van der Waals surface area contributed by atoms with Crippen LogP contribution in [0, 0.1) is 6.92 Å². The summed E-state index contributed by atoms with van der Waals surface area (Å²) in [6.45, 7) is 4.37. The fourth-order valence-electron chi connectivity index (χ4n) is 1.96. The molecule has 7 heteroatoms. The molecule has 2 heterocycles. The van der Waals surface area contributed by atoms with E-state index in [2.05, 4.69) is 10.2 Å². The molecule has 0 saturated heterocycles. The number of aromatic nitrogens is 2. The third-order valence-corrected chi connectivity index (χ3v) is 3.22. The molecule has 23 heavy (non-hydrogen) atoms. The fraction of sp³-hybridized carbons (Fsp3) is 0.312. The van der Waals surface area contributed by atoms with Crippen LogP contribution in [0.1, 0.15) is 24.5 Å². The van der Waals surface area contributed by atoms with E-state index in [9.17, 15) is 4.79 Å². The molecule has 0 unspecified atom stereocenters. The number of rotatable bonds is 4. The smallest absolute Gasteiger partial charge is 0.377 e. The first-order valence-electron chi connectivity index (χ1n) is 7.19. The van der Waals surface area contributed by atoms with Crippen LogP contribution in [0.2, 0.25) is 0 Å². The Hall–Kier alpha value is -2.83. The summed E-state index contributed by atoms with van der Waals surface area (Å²) in [6, 6.07) is 7.69. The molecule has 1 aliphatic heterocycles. The van der Waals surface area contributed by atoms with E-state index in [0.29, 0.717) is 19.1 Å². The highest BCUT2D eigenvalue weighted by atomic mass is 16.6. The molecule has 0 radical (unpaired) electrons. The van der Waals surface area contributed by atoms with Crippen molar-refractivity contribution in [2.45, 2.75) is 20.0 Å². The second-order valence-corrected chi connectivity index (χ2v) is 5.06. The minimum absolute atomic E-state index is 0.0290. The van der Waals surface area contributed by atoms with Crippen molar-refractivity contribution in [1.82, 2.24) is 10.2 Å². The lowest BCUT2D eigenvalue weighted by atomic mass is 10.1. The van der Waals surface area contributed by atoms with Crippen LogP contribution in [0.3, 0.4) is 0 Å². The van der Waals surface area contributed by atoms with Crippen molar-refractivity contribution in [3.8, 4) is 11.5 Å². The number of hydrogen-bond acceptors (Lipinski definition) is 7. The highest BCUT2D eigenvalue weighted by molar-refractivity contribution is 5.86. The molecule has 1 atom stereocenters. The van der Waals surface area contributed by atoms with Crippen LogP contribution in [0.25, 0.3) is 11.5 Å². The van der Waals surface area contributed by atoms with Crippen molar-refractivity contribution in [3.63, 3.8) is 0 Å². The number of carbonyl (C=O) groups excluding carboxylic acids is 1. The molecule has 1 aliphatic rings. The number of esters is 1. The van der Waals surface area contributed by atoms with Crippen LogP contribution in [-0.4, -0.2) is 29.4 Å². The molecule has 1 aromatic heterocycles. The molecule has 0 fully saturated rings. The summed E-state index contributed by atoms with van der Waals surface area (Å²) in [5.41, 5.74) is 1.94. The average molecular weight is 316 g/mol. The predicted octanol–water partition coefficient (Wildman–Crippen LogP) is 2.54. The number of ether oxygens (including phenoxy) is 3. The van der Waals surface area contributed by atoms with Gasteiger partial charge >= 0.3 is 5.97 Å². The van der Waals surface area contributed by atoms with E-state index < -0.39 is 12.1 Å². The Kier molecular flexibility index (Phi) is 4.27. The minimum Gasteiger partial charge on any atom is -0.493 e. The molecule has 2 aromatic rings. The standard InChI is InChI=1S/C16H16N2O5/c1-10-3-5-12(6-4-10)15-18-17-14(23-15)11(2)22-16(19)13-9-20-7-8-21-13/h3-6,9,11H,7-8H2,1-2H3/t11-/m1/s1. The van der Waals surface area contributed by atoms with E-state index in [0.717, 1.165) is 11.1 Å². The van der Waals surface area contributed by atoms with Gasteiger partial charge in [0.05, 0.1) is 0 Å². The summed E-state index contributed by atoms with van der Waals surface area (Å²) in [5, 5.41) is 7.91. The van der Waals surface area contributed by atoms with Crippen LogP contribution in [-0.2, 0) is 19.0 Å². The van der Waals surface area contributed by atoms with Gasteiger partial charge in [0, 0.05) is 5.56 Å². The van der Waals surface area contributed by atoms with Gasteiger partial charge in [0.1, 0.15) is 19.5 Å². The maximum Gasteiger partial charge on any atom is 0.377 e. The van der Waals surface area contributed by atoms with Crippen LogP contribution in [0.5, 0.6) is 0 Å². The maximum absolute atomic E-state index is 11.9. The highest BCUT2D eigenvalue weighted by Crippen LogP contribution is 2.23. The molecule has 0 spiro atoms. The molecule has 1 aromatic carbocycles. The number of hydrogen-bond donors (Lipinski definition) is 0. The Balaban J connectivity index is 1.68. The first-order valence-corrected chi connectivity index (χ1v) is 7.19. The van der Waals surface area contributed by atoms with E-state index in [1.807, 2.05) is 31.2 Å². The second-order valence-electron chi connectivity index (χ2n) is 5.06. The second kappa shape index (κ2) is 6.51. The van der Waals surface area contributed by atoms with Gasteiger partial charge in [0.15, 0.2) is 6.10 Å². The topological polar surface area (TPSA) is 83.7 Å². The van der Waals surface area contributed by atoms with Crippen molar-refractivity contribution in [1.29, 1.82) is 0 Å². The van der Waals surface area contributed by atoms with Crippen molar-refractivity contribution in [2.75, 3.05) is 13.2 Å². The zero-order chi connectivity index (χ0) is 16.2. The molecule has 0 bridgehead atoms. The third kappa shape index (κ3) is 3.50. The third-order valence-electron chi connectivity index (χ3n) is 3.22. The Morgan fingerprint density at radius 2 is 2.00 bits per heavy atom. The van der Waals surface area contributed by atoms with Gasteiger partial charge in [-0.05, 0) is 26.0 Å². The van der Waals surface area contributed by atoms with Gasteiger partial charge in [0.2, 0.25) is 11.6 Å². The number of benzene rings is 1. The normalized spacial score (nSPS) is 15.1. The summed E-state index contributed by atoms with van der Waals surface area (Å²) in [5.74, 6) is -0.0146. The molecular weight excluding hydrogens is 300 g/mol. The zero-order valence-electron chi connectivity index (χ0n) is 12.8. The zero-order valence-corrected chi connectivity index (χ0v) is 12.8. The first-order chi connectivity index (χ1) is 11.1. The molecule has 3 rings (SSSR count). The van der Waals surface area contributed by atoms with Crippen LogP contribution in [0.4, 0.5) is 0 Å². The monoisotopic (exact) mass is 316 g/mol. The summed E-state index contributed by atoms with van der Waals surface area (Å²) in [4.78, 5) is 11.9. The Labute approximate surface area is 132 Å². The molecule has 0 N–H and O–H groups in total. The van der Waals surface area contributed by atoms with Gasteiger partial charge < -0.3 is 18.6 Å². The summed E-state index contributed by atoms with van der Waals surface area (Å²) < 4.78 is 21.0. The Morgan fingerprint density at radius 1 is 1.22 bits per heavy atom. The van der Waals surface area contributed by atoms with Gasteiger partial charge in [-0.2, -0.15) is 0 Å². The van der Waals surface area contributed by atoms with Crippen LogP contribution in [0.15, 0.2) is 40.7 Å². The average Bonchev–Trinajstić information content (AvgIpc) is 3.06. The lowest BCUT2D eigenvalue weighted by Gasteiger charge is -2.15. The van der Waals surface area contributed by atoms with Crippen molar-refractivity contribution in [3.05, 3.63) is 47.7 Å². The summed E-state index contributed by atoms with van der Waals surface area (Å²) in [6.07, 6.45) is 0.546. The van der Waals surface area contributed by atoms with E-state index in [4.69, 9.17) is 18.6 Å². The largest absolute Gasteiger partial charge is 0.493 e. The molecular formula is C16H16N2O5. The van der Waals surface area contributed by atoms with E-state index >= 15 is 0 Å². The lowest BCUT2D eigenvalue weighted by molar-refractivity contribution is -0.150. The van der Waals surface area contributed by atoms with Crippen molar-refractivity contribution >= 4 is 5.97 Å². The predicted molar refractivity (Wildman–Crippen MR) is 79.0 cm³/mol. The van der Waals surface area contributed by atoms with E-state index in [1.54, 1.807) is 6.92 Å². The molecule has 7 nitrogen and oxygen atoms in total. The first kappa shape index (κ1) is 15.1. The number of carbonyl (C=O) groups is 1. The SMILES string of the molecule is Cc1ccc(-c2nnc([C@@H](C)OC(=O)C3=COCCO3)o2)cc1. The fourth-order valence-corrected chi connectivity index (χ4v) is 1.96. The Bertz CT molecular complexity index is 720. The summed E-state index contributed by atoms with van der Waals surface area (Å²) >= 11 is 0. The van der Waals surface area contributed by atoms with Crippen molar-refractivity contribution in [2.24, 2.45) is 0 Å². The quantitative estimate of drug-likeness (QED) is 0.801. The summed E-state index contributed by atoms with van der Waals surface area (Å²) in [7, 11) is 0. The lowest BCUT2D eigenvalue weighted by Crippen LogP contribution is -2.18. The number of nitrogens with zero attached hydrogens (tertiary/aromatic N) is 2. The van der Waals surface area contributed by atoms with Crippen LogP contribution < -0.4 is 0 Å². The maximum atomic E-state index is 11.9.